The molecule has 0 spiro atoms. The zero-order chi connectivity index (χ0) is 14.1. The van der Waals surface area contributed by atoms with Crippen LogP contribution in [0.15, 0.2) is 28.0 Å². The largest absolute Gasteiger partial charge is 0.223 e. The van der Waals surface area contributed by atoms with Gasteiger partial charge in [-0.25, -0.2) is 16.8 Å². The molecule has 0 atom stereocenters. The Labute approximate surface area is 109 Å². The first kappa shape index (κ1) is 15.2. The molecule has 4 nitrogen and oxygen atoms in total. The monoisotopic (exact) mass is 289 g/mol. The highest BCUT2D eigenvalue weighted by atomic mass is 32.2. The summed E-state index contributed by atoms with van der Waals surface area (Å²) in [6.45, 7) is 6.22. The summed E-state index contributed by atoms with van der Waals surface area (Å²) < 4.78 is 47.9. The molecule has 0 aliphatic rings. The fraction of sp³-hybridized carbons (Fsp3) is 0.500. The molecule has 0 bridgehead atoms. The summed E-state index contributed by atoms with van der Waals surface area (Å²) in [6.07, 6.45) is 0. The van der Waals surface area contributed by atoms with Gasteiger partial charge in [0.1, 0.15) is 0 Å². The molecule has 0 aliphatic carbocycles. The van der Waals surface area contributed by atoms with Gasteiger partial charge in [-0.1, -0.05) is 0 Å². The lowest BCUT2D eigenvalue weighted by Crippen LogP contribution is -2.17. The zero-order valence-electron chi connectivity index (χ0n) is 10.8. The molecule has 0 heterocycles. The van der Waals surface area contributed by atoms with Crippen molar-refractivity contribution in [3.05, 3.63) is 24.3 Å². The average Bonchev–Trinajstić information content (AvgIpc) is 2.28. The van der Waals surface area contributed by atoms with Gasteiger partial charge >= 0.3 is 0 Å². The van der Waals surface area contributed by atoms with Crippen molar-refractivity contribution < 1.29 is 16.8 Å². The van der Waals surface area contributed by atoms with E-state index in [2.05, 4.69) is 6.07 Å². The van der Waals surface area contributed by atoms with Gasteiger partial charge in [-0.2, -0.15) is 0 Å². The second kappa shape index (κ2) is 5.01. The van der Waals surface area contributed by atoms with E-state index in [0.717, 1.165) is 0 Å². The molecule has 1 aromatic carbocycles. The fourth-order valence-electron chi connectivity index (χ4n) is 1.30. The molecule has 6 heteroatoms. The Kier molecular flexibility index (Phi) is 4.23. The summed E-state index contributed by atoms with van der Waals surface area (Å²) in [5.74, 6) is 0. The molecule has 0 saturated carbocycles. The summed E-state index contributed by atoms with van der Waals surface area (Å²) in [6, 6.07) is 6.40. The van der Waals surface area contributed by atoms with Gasteiger partial charge in [-0.15, -0.1) is 0 Å². The number of hydrogen-bond donors (Lipinski definition) is 0. The van der Waals surface area contributed by atoms with Gasteiger partial charge in [0, 0.05) is 0 Å². The van der Waals surface area contributed by atoms with Crippen molar-refractivity contribution in [1.29, 1.82) is 0 Å². The van der Waals surface area contributed by atoms with Gasteiger partial charge < -0.3 is 0 Å². The first-order valence-electron chi connectivity index (χ1n) is 5.59. The predicted molar refractivity (Wildman–Crippen MR) is 69.9 cm³/mol. The van der Waals surface area contributed by atoms with Crippen LogP contribution in [-0.4, -0.2) is 27.3 Å². The van der Waals surface area contributed by atoms with Crippen LogP contribution in [0, 0.1) is 6.07 Å². The van der Waals surface area contributed by atoms with Crippen molar-refractivity contribution >= 4 is 19.7 Å². The first-order valence-corrected chi connectivity index (χ1v) is 8.68. The fourth-order valence-corrected chi connectivity index (χ4v) is 3.51. The van der Waals surface area contributed by atoms with Crippen LogP contribution in [0.4, 0.5) is 0 Å². The molecule has 0 aromatic heterocycles. The van der Waals surface area contributed by atoms with Crippen LogP contribution in [0.3, 0.4) is 0 Å². The van der Waals surface area contributed by atoms with Crippen LogP contribution < -0.4 is 0 Å². The van der Waals surface area contributed by atoms with E-state index in [-0.39, 0.29) is 9.79 Å². The maximum atomic E-state index is 12.0. The van der Waals surface area contributed by atoms with E-state index in [4.69, 9.17) is 0 Å². The maximum Gasteiger partial charge on any atom is 0.180 e. The molecule has 0 unspecified atom stereocenters. The second-order valence-electron chi connectivity index (χ2n) is 4.59. The second-order valence-corrected chi connectivity index (χ2v) is 9.60. The standard InChI is InChI=1S/C12H17O4S2/c1-9(2)17(13,14)11-6-5-7-12(8-11)18(15,16)10(3)4/h6-10H,1-4H3. The van der Waals surface area contributed by atoms with Crippen LogP contribution >= 0.6 is 0 Å². The van der Waals surface area contributed by atoms with Crippen LogP contribution in [0.2, 0.25) is 0 Å². The minimum absolute atomic E-state index is 0.000718. The third-order valence-corrected chi connectivity index (χ3v) is 6.90. The molecule has 0 saturated heterocycles. The van der Waals surface area contributed by atoms with Crippen LogP contribution in [-0.2, 0) is 19.7 Å². The smallest absolute Gasteiger partial charge is 0.180 e. The molecule has 0 N–H and O–H groups in total. The van der Waals surface area contributed by atoms with E-state index >= 15 is 0 Å². The number of hydrogen-bond acceptors (Lipinski definition) is 4. The Balaban J connectivity index is 3.42. The summed E-state index contributed by atoms with van der Waals surface area (Å²) in [5, 5.41) is -1.19. The maximum absolute atomic E-state index is 12.0. The van der Waals surface area contributed by atoms with Gasteiger partial charge in [-0.3, -0.25) is 0 Å². The molecule has 1 radical (unpaired) electrons. The lowest BCUT2D eigenvalue weighted by Gasteiger charge is -2.11. The summed E-state index contributed by atoms with van der Waals surface area (Å²) in [7, 11) is -6.96. The van der Waals surface area contributed by atoms with E-state index in [1.165, 1.54) is 18.2 Å². The van der Waals surface area contributed by atoms with E-state index in [1.54, 1.807) is 27.7 Å². The highest BCUT2D eigenvalue weighted by molar-refractivity contribution is 7.92. The molecule has 0 fully saturated rings. The molecular formula is C12H17O4S2. The molecular weight excluding hydrogens is 272 g/mol. The van der Waals surface area contributed by atoms with Gasteiger partial charge in [0.2, 0.25) is 0 Å². The molecule has 101 valence electrons. The average molecular weight is 289 g/mol. The number of rotatable bonds is 4. The molecule has 1 aromatic rings. The van der Waals surface area contributed by atoms with E-state index in [1.807, 2.05) is 0 Å². The molecule has 1 rings (SSSR count). The third-order valence-electron chi connectivity index (χ3n) is 2.63. The first-order chi connectivity index (χ1) is 8.10. The minimum atomic E-state index is -3.48. The Morgan fingerprint density at radius 1 is 0.833 bits per heavy atom. The summed E-state index contributed by atoms with van der Waals surface area (Å²) in [4.78, 5) is -0.00144. The van der Waals surface area contributed by atoms with Crippen LogP contribution in [0.1, 0.15) is 27.7 Å². The lowest BCUT2D eigenvalue weighted by atomic mass is 10.4. The summed E-state index contributed by atoms with van der Waals surface area (Å²) in [5.41, 5.74) is 0. The van der Waals surface area contributed by atoms with Crippen molar-refractivity contribution in [3.63, 3.8) is 0 Å². The van der Waals surface area contributed by atoms with E-state index in [9.17, 15) is 16.8 Å². The Hall–Kier alpha value is -0.880. The van der Waals surface area contributed by atoms with E-state index < -0.39 is 30.2 Å². The number of benzene rings is 1. The Morgan fingerprint density at radius 2 is 1.17 bits per heavy atom. The van der Waals surface area contributed by atoms with Crippen molar-refractivity contribution in [3.8, 4) is 0 Å². The van der Waals surface area contributed by atoms with Gasteiger partial charge in [0.25, 0.3) is 0 Å². The van der Waals surface area contributed by atoms with Crippen molar-refractivity contribution in [1.82, 2.24) is 0 Å². The highest BCUT2D eigenvalue weighted by Gasteiger charge is 2.24. The Morgan fingerprint density at radius 3 is 1.44 bits per heavy atom. The lowest BCUT2D eigenvalue weighted by molar-refractivity contribution is 0.585. The third kappa shape index (κ3) is 2.75. The molecule has 0 amide bonds. The zero-order valence-corrected chi connectivity index (χ0v) is 12.5. The predicted octanol–water partition coefficient (Wildman–Crippen LogP) is 1.85. The van der Waals surface area contributed by atoms with E-state index in [0.29, 0.717) is 0 Å². The van der Waals surface area contributed by atoms with Crippen molar-refractivity contribution in [2.24, 2.45) is 0 Å². The molecule has 18 heavy (non-hydrogen) atoms. The Bertz CT molecular complexity index is 573. The van der Waals surface area contributed by atoms with Crippen molar-refractivity contribution in [2.75, 3.05) is 0 Å². The highest BCUT2D eigenvalue weighted by Crippen LogP contribution is 2.22. The minimum Gasteiger partial charge on any atom is -0.223 e. The van der Waals surface area contributed by atoms with Gasteiger partial charge in [-0.05, 0) is 52.0 Å². The van der Waals surface area contributed by atoms with Crippen LogP contribution in [0.5, 0.6) is 0 Å². The van der Waals surface area contributed by atoms with Gasteiger partial charge in [0.05, 0.1) is 20.3 Å². The van der Waals surface area contributed by atoms with Gasteiger partial charge in [0.15, 0.2) is 19.7 Å². The normalized spacial score (nSPS) is 13.2. The topological polar surface area (TPSA) is 68.3 Å². The summed E-state index contributed by atoms with van der Waals surface area (Å²) >= 11 is 0. The SMILES string of the molecule is CC(C)S(=O)(=O)c1c[c]cc(S(=O)(=O)C(C)C)c1. The molecule has 0 aliphatic heterocycles. The van der Waals surface area contributed by atoms with Crippen molar-refractivity contribution in [2.45, 2.75) is 48.0 Å². The van der Waals surface area contributed by atoms with Crippen LogP contribution in [0.25, 0.3) is 0 Å². The quantitative estimate of drug-likeness (QED) is 0.848. The number of sulfone groups is 2.